The second-order valence-electron chi connectivity index (χ2n) is 8.60. The molecule has 3 N–H and O–H groups in total. The maximum absolute atomic E-state index is 15.7. The SMILES string of the molecule is C=NN(CCC(O)COC1=C(F)C/C(C(CC=NC(=C)N)=NC)=C\CC=C1C(C)CCC)/N=C\CC. The summed E-state index contributed by atoms with van der Waals surface area (Å²) in [7, 11) is 1.67. The van der Waals surface area contributed by atoms with E-state index in [0.29, 0.717) is 25.8 Å². The lowest BCUT2D eigenvalue weighted by atomic mass is 9.90. The van der Waals surface area contributed by atoms with Gasteiger partial charge >= 0.3 is 0 Å². The Kier molecular flexibility index (Phi) is 14.9. The number of aliphatic hydroxyl groups excluding tert-OH is 1. The van der Waals surface area contributed by atoms with Gasteiger partial charge in [-0.25, -0.2) is 9.38 Å². The third-order valence-corrected chi connectivity index (χ3v) is 5.63. The first-order chi connectivity index (χ1) is 17.3. The number of halogens is 1. The molecular formula is C27H43FN6O2. The van der Waals surface area contributed by atoms with Crippen LogP contribution in [-0.4, -0.2) is 61.4 Å². The van der Waals surface area contributed by atoms with E-state index in [1.807, 2.05) is 19.1 Å². The van der Waals surface area contributed by atoms with Gasteiger partial charge in [-0.2, -0.15) is 15.3 Å². The van der Waals surface area contributed by atoms with Crippen molar-refractivity contribution in [2.24, 2.45) is 31.8 Å². The fraction of sp³-hybridized carbons (Fsp3) is 0.556. The molecule has 2 atom stereocenters. The number of aliphatic imine (C=N–C) groups is 2. The highest BCUT2D eigenvalue weighted by molar-refractivity contribution is 6.07. The highest BCUT2D eigenvalue weighted by Gasteiger charge is 2.23. The van der Waals surface area contributed by atoms with Crippen molar-refractivity contribution >= 4 is 24.9 Å². The summed E-state index contributed by atoms with van der Waals surface area (Å²) in [5.41, 5.74) is 7.82. The Labute approximate surface area is 215 Å². The Hall–Kier alpha value is -3.07. The van der Waals surface area contributed by atoms with Crippen LogP contribution < -0.4 is 5.73 Å². The van der Waals surface area contributed by atoms with Gasteiger partial charge in [0.05, 0.1) is 12.6 Å². The fourth-order valence-corrected chi connectivity index (χ4v) is 3.78. The highest BCUT2D eigenvalue weighted by Crippen LogP contribution is 2.33. The van der Waals surface area contributed by atoms with E-state index >= 15 is 4.39 Å². The molecule has 0 bridgehead atoms. The standard InChI is InChI=1S/C27H43FN6O2/c1-7-10-20(3)24-12-9-11-22(26(30-5)13-16-32-21(4)29)18-25(28)27(24)36-19-23(35)14-17-34(31-6)33-15-8-2/h11-12,15-16,20,23,35H,4,6-10,13-14,17-19,29H2,1-3,5H3/b22-11+,24-12?,27-25?,30-26?,32-16?,33-15-. The minimum atomic E-state index is -0.817. The molecule has 36 heavy (non-hydrogen) atoms. The number of nitrogens with two attached hydrogens (primary N) is 1. The normalized spacial score (nSPS) is 18.3. The number of rotatable bonds is 16. The van der Waals surface area contributed by atoms with Crippen molar-refractivity contribution in [2.75, 3.05) is 20.2 Å². The number of allylic oxidation sites excluding steroid dienone is 5. The van der Waals surface area contributed by atoms with Crippen molar-refractivity contribution < 1.29 is 14.2 Å². The lowest BCUT2D eigenvalue weighted by molar-refractivity contribution is 0.0567. The van der Waals surface area contributed by atoms with Gasteiger partial charge in [0.15, 0.2) is 5.76 Å². The Morgan fingerprint density at radius 1 is 1.31 bits per heavy atom. The summed E-state index contributed by atoms with van der Waals surface area (Å²) in [5.74, 6) is 0.154. The maximum Gasteiger partial charge on any atom is 0.154 e. The van der Waals surface area contributed by atoms with Crippen LogP contribution in [0.4, 0.5) is 4.39 Å². The molecule has 0 saturated carbocycles. The van der Waals surface area contributed by atoms with Gasteiger partial charge in [0, 0.05) is 44.7 Å². The largest absolute Gasteiger partial charge is 0.488 e. The second-order valence-corrected chi connectivity index (χ2v) is 8.60. The smallest absolute Gasteiger partial charge is 0.154 e. The molecular weight excluding hydrogens is 459 g/mol. The molecule has 9 heteroatoms. The first-order valence-corrected chi connectivity index (χ1v) is 12.6. The van der Waals surface area contributed by atoms with Gasteiger partial charge in [-0.15, -0.1) is 0 Å². The number of hydrogen-bond acceptors (Lipinski definition) is 8. The molecule has 1 rings (SSSR count). The minimum Gasteiger partial charge on any atom is -0.488 e. The third kappa shape index (κ3) is 11.1. The number of hydrazone groups is 2. The molecule has 200 valence electrons. The second kappa shape index (κ2) is 17.4. The van der Waals surface area contributed by atoms with Crippen LogP contribution >= 0.6 is 0 Å². The summed E-state index contributed by atoms with van der Waals surface area (Å²) >= 11 is 0. The molecule has 0 aliphatic heterocycles. The van der Waals surface area contributed by atoms with Gasteiger partial charge < -0.3 is 15.6 Å². The van der Waals surface area contributed by atoms with Crippen LogP contribution in [0.2, 0.25) is 0 Å². The van der Waals surface area contributed by atoms with Crippen molar-refractivity contribution in [3.8, 4) is 0 Å². The number of hydrogen-bond donors (Lipinski definition) is 2. The summed E-state index contributed by atoms with van der Waals surface area (Å²) in [4.78, 5) is 8.33. The monoisotopic (exact) mass is 502 g/mol. The van der Waals surface area contributed by atoms with Gasteiger partial charge in [-0.3, -0.25) is 4.99 Å². The van der Waals surface area contributed by atoms with Crippen LogP contribution in [-0.2, 0) is 4.74 Å². The molecule has 0 fully saturated rings. The van der Waals surface area contributed by atoms with Crippen molar-refractivity contribution in [3.63, 3.8) is 0 Å². The van der Waals surface area contributed by atoms with Crippen LogP contribution in [0.15, 0.2) is 67.5 Å². The summed E-state index contributed by atoms with van der Waals surface area (Å²) in [5, 5.41) is 19.9. The molecule has 1 aliphatic carbocycles. The van der Waals surface area contributed by atoms with Gasteiger partial charge in [0.25, 0.3) is 0 Å². The molecule has 0 heterocycles. The molecule has 0 aromatic rings. The van der Waals surface area contributed by atoms with E-state index in [1.54, 1.807) is 19.5 Å². The first-order valence-electron chi connectivity index (χ1n) is 12.6. The predicted octanol–water partition coefficient (Wildman–Crippen LogP) is 5.29. The summed E-state index contributed by atoms with van der Waals surface area (Å²) in [6, 6.07) is 0. The predicted molar refractivity (Wildman–Crippen MR) is 149 cm³/mol. The average molecular weight is 503 g/mol. The zero-order valence-corrected chi connectivity index (χ0v) is 22.3. The summed E-state index contributed by atoms with van der Waals surface area (Å²) in [6.07, 6.45) is 10.6. The van der Waals surface area contributed by atoms with Gasteiger partial charge in [0.2, 0.25) is 0 Å². The van der Waals surface area contributed by atoms with Gasteiger partial charge in [-0.05, 0) is 42.7 Å². The topological polar surface area (TPSA) is 108 Å². The van der Waals surface area contributed by atoms with Crippen LogP contribution in [0.25, 0.3) is 0 Å². The van der Waals surface area contributed by atoms with Crippen LogP contribution in [0.1, 0.15) is 65.7 Å². The fourth-order valence-electron chi connectivity index (χ4n) is 3.78. The molecule has 0 saturated heterocycles. The third-order valence-electron chi connectivity index (χ3n) is 5.63. The van der Waals surface area contributed by atoms with Crippen molar-refractivity contribution in [1.29, 1.82) is 0 Å². The molecule has 0 aromatic heterocycles. The average Bonchev–Trinajstić information content (AvgIpc) is 2.83. The van der Waals surface area contributed by atoms with Gasteiger partial charge in [-0.1, -0.05) is 45.9 Å². The van der Waals surface area contributed by atoms with Crippen molar-refractivity contribution in [2.45, 2.75) is 71.8 Å². The number of aliphatic hydroxyl groups is 1. The lowest BCUT2D eigenvalue weighted by Crippen LogP contribution is -2.23. The van der Waals surface area contributed by atoms with E-state index in [0.717, 1.165) is 36.1 Å². The molecule has 0 amide bonds. The quantitative estimate of drug-likeness (QED) is 0.221. The van der Waals surface area contributed by atoms with E-state index in [2.05, 4.69) is 47.3 Å². The Balaban J connectivity index is 3.08. The molecule has 8 nitrogen and oxygen atoms in total. The van der Waals surface area contributed by atoms with E-state index in [4.69, 9.17) is 10.5 Å². The van der Waals surface area contributed by atoms with Crippen LogP contribution in [0, 0.1) is 5.92 Å². The molecule has 2 unspecified atom stereocenters. The van der Waals surface area contributed by atoms with Crippen molar-refractivity contribution in [1.82, 2.24) is 5.12 Å². The Morgan fingerprint density at radius 2 is 2.06 bits per heavy atom. The van der Waals surface area contributed by atoms with Crippen LogP contribution in [0.5, 0.6) is 0 Å². The molecule has 1 aliphatic rings. The van der Waals surface area contributed by atoms with E-state index in [9.17, 15) is 5.11 Å². The Bertz CT molecular complexity index is 904. The zero-order chi connectivity index (χ0) is 26.9. The Morgan fingerprint density at radius 3 is 2.67 bits per heavy atom. The number of ether oxygens (including phenoxy) is 1. The van der Waals surface area contributed by atoms with Crippen LogP contribution in [0.3, 0.4) is 0 Å². The minimum absolute atomic E-state index is 0.0412. The maximum atomic E-state index is 15.7. The number of nitrogens with zero attached hydrogens (tertiary/aromatic N) is 5. The highest BCUT2D eigenvalue weighted by atomic mass is 19.1. The van der Waals surface area contributed by atoms with Crippen molar-refractivity contribution in [3.05, 3.63) is 47.3 Å². The molecule has 0 aromatic carbocycles. The molecule has 0 radical (unpaired) electrons. The van der Waals surface area contributed by atoms with Gasteiger partial charge in [0.1, 0.15) is 18.3 Å². The van der Waals surface area contributed by atoms with E-state index in [-0.39, 0.29) is 36.4 Å². The molecule has 0 spiro atoms. The first kappa shape index (κ1) is 31.0. The lowest BCUT2D eigenvalue weighted by Gasteiger charge is -2.24. The van der Waals surface area contributed by atoms with E-state index in [1.165, 1.54) is 5.12 Å². The zero-order valence-electron chi connectivity index (χ0n) is 22.3. The summed E-state index contributed by atoms with van der Waals surface area (Å²) in [6.45, 7) is 13.5. The summed E-state index contributed by atoms with van der Waals surface area (Å²) < 4.78 is 21.7. The van der Waals surface area contributed by atoms with E-state index < -0.39 is 6.10 Å².